The number of allylic oxidation sites excluding steroid dienone is 2. The van der Waals surface area contributed by atoms with Gasteiger partial charge in [-0.3, -0.25) is 4.79 Å². The Morgan fingerprint density at radius 3 is 2.20 bits per heavy atom. The van der Waals surface area contributed by atoms with Crippen molar-refractivity contribution in [2.24, 2.45) is 5.41 Å². The van der Waals surface area contributed by atoms with Crippen LogP contribution in [-0.2, 0) is 17.5 Å². The molecule has 5 nitrogen and oxygen atoms in total. The highest BCUT2D eigenvalue weighted by atomic mass is 19.4. The van der Waals surface area contributed by atoms with Gasteiger partial charge in [0.2, 0.25) is 5.91 Å². The number of amides is 3. The smallest absolute Gasteiger partial charge is 0.338 e. The van der Waals surface area contributed by atoms with E-state index in [-0.39, 0.29) is 18.5 Å². The third-order valence-electron chi connectivity index (χ3n) is 7.38. The lowest BCUT2D eigenvalue weighted by Crippen LogP contribution is -2.57. The molecule has 8 heteroatoms. The van der Waals surface area contributed by atoms with Crippen molar-refractivity contribution in [2.75, 3.05) is 26.7 Å². The highest BCUT2D eigenvalue weighted by molar-refractivity contribution is 5.83. The molecule has 0 unspecified atom stereocenters. The molecule has 1 aliphatic rings. The highest BCUT2D eigenvalue weighted by Crippen LogP contribution is 2.35. The Morgan fingerprint density at radius 1 is 1.02 bits per heavy atom. The lowest BCUT2D eigenvalue weighted by atomic mass is 9.81. The standard InChI is InChI=1S/C31H38F3N3O2.C2H4/c1-7-13-30(5,14-8-2)28(38)36-15-16-37(27(21-36)26-12-10-9-11-23(26)4)29(39)35(6)20-24-17-22(3)18-25(19-24)31(32,33)34;1-2/h7-12,17-19,27H,1-2,13-16,20-21H2,3-6H3;1-2H2/t27-;/m1./s1. The van der Waals surface area contributed by atoms with Crippen LogP contribution in [0, 0.1) is 19.3 Å². The van der Waals surface area contributed by atoms with E-state index in [0.717, 1.165) is 23.3 Å². The van der Waals surface area contributed by atoms with Gasteiger partial charge in [-0.1, -0.05) is 55.0 Å². The molecule has 2 aromatic rings. The zero-order valence-electron chi connectivity index (χ0n) is 24.6. The molecule has 2 aromatic carbocycles. The lowest BCUT2D eigenvalue weighted by Gasteiger charge is -2.45. The van der Waals surface area contributed by atoms with Crippen molar-refractivity contribution in [3.8, 4) is 0 Å². The summed E-state index contributed by atoms with van der Waals surface area (Å²) < 4.78 is 40.1. The van der Waals surface area contributed by atoms with E-state index in [2.05, 4.69) is 26.3 Å². The number of carbonyl (C=O) groups excluding carboxylic acids is 2. The molecule has 3 amide bonds. The van der Waals surface area contributed by atoms with Crippen LogP contribution < -0.4 is 0 Å². The van der Waals surface area contributed by atoms with E-state index in [1.165, 1.54) is 4.90 Å². The van der Waals surface area contributed by atoms with Crippen molar-refractivity contribution >= 4 is 11.9 Å². The maximum Gasteiger partial charge on any atom is 0.416 e. The quantitative estimate of drug-likeness (QED) is 0.306. The third-order valence-corrected chi connectivity index (χ3v) is 7.38. The van der Waals surface area contributed by atoms with Crippen molar-refractivity contribution < 1.29 is 22.8 Å². The van der Waals surface area contributed by atoms with E-state index in [9.17, 15) is 22.8 Å². The fourth-order valence-corrected chi connectivity index (χ4v) is 5.38. The Morgan fingerprint density at radius 2 is 1.63 bits per heavy atom. The van der Waals surface area contributed by atoms with Gasteiger partial charge in [-0.05, 0) is 55.5 Å². The number of rotatable bonds is 8. The summed E-state index contributed by atoms with van der Waals surface area (Å²) in [5.74, 6) is -0.0132. The van der Waals surface area contributed by atoms with Gasteiger partial charge in [0.1, 0.15) is 0 Å². The summed E-state index contributed by atoms with van der Waals surface area (Å²) in [5, 5.41) is 0. The Labute approximate surface area is 242 Å². The number of alkyl halides is 3. The summed E-state index contributed by atoms with van der Waals surface area (Å²) in [6.45, 7) is 20.1. The minimum atomic E-state index is -4.46. The topological polar surface area (TPSA) is 43.9 Å². The Bertz CT molecular complexity index is 1230. The highest BCUT2D eigenvalue weighted by Gasteiger charge is 2.41. The van der Waals surface area contributed by atoms with E-state index < -0.39 is 23.2 Å². The van der Waals surface area contributed by atoms with E-state index in [4.69, 9.17) is 0 Å². The summed E-state index contributed by atoms with van der Waals surface area (Å²) in [7, 11) is 1.59. The maximum atomic E-state index is 13.7. The van der Waals surface area contributed by atoms with E-state index in [1.54, 1.807) is 37.1 Å². The van der Waals surface area contributed by atoms with Gasteiger partial charge in [-0.2, -0.15) is 13.2 Å². The number of halogens is 3. The molecule has 0 N–H and O–H groups in total. The Kier molecular flexibility index (Phi) is 11.6. The average molecular weight is 570 g/mol. The Hall–Kier alpha value is -3.81. The van der Waals surface area contributed by atoms with Crippen molar-refractivity contribution in [1.82, 2.24) is 14.7 Å². The fourth-order valence-electron chi connectivity index (χ4n) is 5.38. The molecule has 0 radical (unpaired) electrons. The van der Waals surface area contributed by atoms with Crippen molar-refractivity contribution in [1.29, 1.82) is 0 Å². The van der Waals surface area contributed by atoms with Gasteiger partial charge in [0.05, 0.1) is 17.0 Å². The zero-order chi connectivity index (χ0) is 31.0. The van der Waals surface area contributed by atoms with Crippen molar-refractivity contribution in [3.63, 3.8) is 0 Å². The van der Waals surface area contributed by atoms with Gasteiger partial charge in [0, 0.05) is 33.2 Å². The number of hydrogen-bond donors (Lipinski definition) is 0. The SMILES string of the molecule is C=C.C=CCC(C)(CC=C)C(=O)N1CCN(C(=O)N(C)Cc2cc(C)cc(C(F)(F)F)c2)[C@@H](c2ccccc2C)C1. The number of hydrogen-bond acceptors (Lipinski definition) is 2. The summed E-state index contributed by atoms with van der Waals surface area (Å²) >= 11 is 0. The molecule has 222 valence electrons. The monoisotopic (exact) mass is 569 g/mol. The molecule has 1 heterocycles. The summed E-state index contributed by atoms with van der Waals surface area (Å²) in [6.07, 6.45) is 0.0269. The van der Waals surface area contributed by atoms with Crippen LogP contribution in [0.2, 0.25) is 0 Å². The second kappa shape index (κ2) is 14.2. The van der Waals surface area contributed by atoms with Gasteiger partial charge < -0.3 is 14.7 Å². The summed E-state index contributed by atoms with van der Waals surface area (Å²) in [6, 6.07) is 10.9. The number of benzene rings is 2. The first-order valence-corrected chi connectivity index (χ1v) is 13.6. The molecule has 3 rings (SSSR count). The molecule has 0 aliphatic carbocycles. The first kappa shape index (κ1) is 33.4. The van der Waals surface area contributed by atoms with Gasteiger partial charge in [-0.15, -0.1) is 26.3 Å². The molecule has 1 fully saturated rings. The van der Waals surface area contributed by atoms with Gasteiger partial charge in [-0.25, -0.2) is 4.79 Å². The minimum absolute atomic E-state index is 0.0132. The zero-order valence-corrected chi connectivity index (χ0v) is 24.6. The first-order valence-electron chi connectivity index (χ1n) is 13.6. The predicted octanol–water partition coefficient (Wildman–Crippen LogP) is 7.72. The van der Waals surface area contributed by atoms with E-state index in [1.807, 2.05) is 43.0 Å². The molecule has 1 atom stereocenters. The second-order valence-corrected chi connectivity index (χ2v) is 10.7. The van der Waals surface area contributed by atoms with Crippen LogP contribution in [0.3, 0.4) is 0 Å². The molecular formula is C33H42F3N3O2. The largest absolute Gasteiger partial charge is 0.416 e. The number of carbonyl (C=O) groups is 2. The number of urea groups is 1. The van der Waals surface area contributed by atoms with Crippen LogP contribution in [0.1, 0.15) is 53.6 Å². The van der Waals surface area contributed by atoms with E-state index in [0.29, 0.717) is 43.6 Å². The molecule has 0 aromatic heterocycles. The third kappa shape index (κ3) is 8.12. The minimum Gasteiger partial charge on any atom is -0.338 e. The van der Waals surface area contributed by atoms with Crippen LogP contribution in [-0.4, -0.2) is 53.3 Å². The van der Waals surface area contributed by atoms with Crippen molar-refractivity contribution in [3.05, 3.63) is 109 Å². The van der Waals surface area contributed by atoms with Gasteiger partial charge in [0.25, 0.3) is 0 Å². The van der Waals surface area contributed by atoms with E-state index >= 15 is 0 Å². The maximum absolute atomic E-state index is 13.7. The number of nitrogens with zero attached hydrogens (tertiary/aromatic N) is 3. The molecule has 0 spiro atoms. The Balaban J connectivity index is 0.00000287. The van der Waals surface area contributed by atoms with Crippen LogP contribution in [0.25, 0.3) is 0 Å². The molecule has 1 saturated heterocycles. The number of aryl methyl sites for hydroxylation is 2. The average Bonchev–Trinajstić information content (AvgIpc) is 2.93. The fraction of sp³-hybridized carbons (Fsp3) is 0.394. The molecule has 0 saturated carbocycles. The van der Waals surface area contributed by atoms with Crippen LogP contribution in [0.4, 0.5) is 18.0 Å². The predicted molar refractivity (Wildman–Crippen MR) is 159 cm³/mol. The molecule has 0 bridgehead atoms. The van der Waals surface area contributed by atoms with Crippen LogP contribution >= 0.6 is 0 Å². The molecule has 1 aliphatic heterocycles. The second-order valence-electron chi connectivity index (χ2n) is 10.7. The van der Waals surface area contributed by atoms with Crippen LogP contribution in [0.5, 0.6) is 0 Å². The molecule has 41 heavy (non-hydrogen) atoms. The normalized spacial score (nSPS) is 15.4. The van der Waals surface area contributed by atoms with Gasteiger partial charge >= 0.3 is 12.2 Å². The van der Waals surface area contributed by atoms with Gasteiger partial charge in [0.15, 0.2) is 0 Å². The van der Waals surface area contributed by atoms with Crippen LogP contribution in [0.15, 0.2) is 80.9 Å². The summed E-state index contributed by atoms with van der Waals surface area (Å²) in [5.41, 5.74) is 1.40. The number of piperazine rings is 1. The summed E-state index contributed by atoms with van der Waals surface area (Å²) in [4.78, 5) is 32.4. The van der Waals surface area contributed by atoms with Crippen molar-refractivity contribution in [2.45, 2.75) is 52.4 Å². The lowest BCUT2D eigenvalue weighted by molar-refractivity contribution is -0.143. The first-order chi connectivity index (χ1) is 19.3. The molecular weight excluding hydrogens is 527 g/mol.